The van der Waals surface area contributed by atoms with E-state index in [-0.39, 0.29) is 0 Å². The molecule has 0 aromatic carbocycles. The minimum Gasteiger partial charge on any atom is -0.299 e. The van der Waals surface area contributed by atoms with E-state index in [1.165, 1.54) is 6.08 Å². The fraction of sp³-hybridized carbons (Fsp3) is 0.125. The van der Waals surface area contributed by atoms with Gasteiger partial charge in [0.1, 0.15) is 0 Å². The van der Waals surface area contributed by atoms with Gasteiger partial charge in [-0.3, -0.25) is 9.38 Å². The number of hydrogen-bond donors (Lipinski definition) is 0. The number of aliphatic imine (C=N–C) groups is 1. The fourth-order valence-electron chi connectivity index (χ4n) is 1.12. The lowest BCUT2D eigenvalue weighted by atomic mass is 10.5. The van der Waals surface area contributed by atoms with E-state index in [2.05, 4.69) is 15.0 Å². The van der Waals surface area contributed by atoms with Crippen LogP contribution in [0.2, 0.25) is 0 Å². The van der Waals surface area contributed by atoms with Gasteiger partial charge in [-0.25, -0.2) is 9.78 Å². The molecule has 13 heavy (non-hydrogen) atoms. The number of carbonyl (C=O) groups excluding carboxylic acids is 1. The van der Waals surface area contributed by atoms with Crippen LogP contribution in [0.4, 0.5) is 0 Å². The first-order chi connectivity index (χ1) is 6.42. The number of nitrogens with zero attached hydrogens (tertiary/aromatic N) is 4. The summed E-state index contributed by atoms with van der Waals surface area (Å²) in [7, 11) is 0. The summed E-state index contributed by atoms with van der Waals surface area (Å²) in [4.78, 5) is 21.4. The highest BCUT2D eigenvalue weighted by Crippen LogP contribution is 2.04. The van der Waals surface area contributed by atoms with Crippen molar-refractivity contribution in [3.05, 3.63) is 30.5 Å². The van der Waals surface area contributed by atoms with Crippen molar-refractivity contribution in [1.82, 2.24) is 14.4 Å². The quantitative estimate of drug-likeness (QED) is 0.493. The summed E-state index contributed by atoms with van der Waals surface area (Å²) < 4.78 is 1.83. The van der Waals surface area contributed by atoms with Crippen LogP contribution in [0.1, 0.15) is 5.69 Å². The topological polar surface area (TPSA) is 59.6 Å². The maximum absolute atomic E-state index is 9.90. The average molecular weight is 174 g/mol. The molecule has 2 aromatic heterocycles. The largest absolute Gasteiger partial charge is 0.299 e. The molecule has 2 rings (SSSR count). The van der Waals surface area contributed by atoms with E-state index >= 15 is 0 Å². The SMILES string of the molecule is O=C=NCc1cnc2cnccn12. The van der Waals surface area contributed by atoms with Crippen LogP contribution >= 0.6 is 0 Å². The van der Waals surface area contributed by atoms with Gasteiger partial charge in [0.05, 0.1) is 24.6 Å². The molecular weight excluding hydrogens is 168 g/mol. The lowest BCUT2D eigenvalue weighted by Crippen LogP contribution is -1.90. The van der Waals surface area contributed by atoms with Crippen LogP contribution in [0.5, 0.6) is 0 Å². The minimum absolute atomic E-state index is 0.300. The standard InChI is InChI=1S/C8H6N4O/c13-6-10-3-7-4-11-8-5-9-1-2-12(7)8/h1-2,4-5H,3H2. The molecule has 0 amide bonds. The molecule has 64 valence electrons. The summed E-state index contributed by atoms with van der Waals surface area (Å²) in [6.07, 6.45) is 8.23. The first-order valence-corrected chi connectivity index (χ1v) is 3.71. The molecule has 0 saturated heterocycles. The zero-order valence-corrected chi connectivity index (χ0v) is 6.71. The molecule has 0 aliphatic carbocycles. The number of hydrogen-bond acceptors (Lipinski definition) is 4. The molecule has 0 unspecified atom stereocenters. The van der Waals surface area contributed by atoms with Crippen LogP contribution < -0.4 is 0 Å². The number of imidazole rings is 1. The van der Waals surface area contributed by atoms with Crippen molar-refractivity contribution in [2.45, 2.75) is 6.54 Å². The third-order valence-corrected chi connectivity index (χ3v) is 1.70. The lowest BCUT2D eigenvalue weighted by molar-refractivity contribution is 0.562. The molecule has 0 atom stereocenters. The van der Waals surface area contributed by atoms with Gasteiger partial charge in [0.15, 0.2) is 5.65 Å². The molecule has 2 aromatic rings. The van der Waals surface area contributed by atoms with E-state index in [0.29, 0.717) is 6.54 Å². The van der Waals surface area contributed by atoms with Crippen molar-refractivity contribution in [2.75, 3.05) is 0 Å². The predicted octanol–water partition coefficient (Wildman–Crippen LogP) is 0.565. The van der Waals surface area contributed by atoms with Gasteiger partial charge in [0, 0.05) is 12.4 Å². The van der Waals surface area contributed by atoms with Gasteiger partial charge >= 0.3 is 0 Å². The molecule has 0 saturated carbocycles. The molecule has 0 spiro atoms. The maximum Gasteiger partial charge on any atom is 0.235 e. The Kier molecular flexibility index (Phi) is 1.86. The Hall–Kier alpha value is -2.00. The van der Waals surface area contributed by atoms with E-state index in [9.17, 15) is 4.79 Å². The highest BCUT2D eigenvalue weighted by molar-refractivity contribution is 5.38. The van der Waals surface area contributed by atoms with Crippen molar-refractivity contribution in [2.24, 2.45) is 4.99 Å². The molecule has 5 heteroatoms. The number of fused-ring (bicyclic) bond motifs is 1. The molecular formula is C8H6N4O. The first kappa shape index (κ1) is 7.64. The fourth-order valence-corrected chi connectivity index (χ4v) is 1.12. The number of isocyanates is 1. The van der Waals surface area contributed by atoms with E-state index in [1.54, 1.807) is 24.8 Å². The minimum atomic E-state index is 0.300. The van der Waals surface area contributed by atoms with Gasteiger partial charge in [-0.2, -0.15) is 4.99 Å². The van der Waals surface area contributed by atoms with Crippen LogP contribution in [0.15, 0.2) is 29.8 Å². The van der Waals surface area contributed by atoms with Gasteiger partial charge in [-0.15, -0.1) is 0 Å². The van der Waals surface area contributed by atoms with Crippen LogP contribution in [0, 0.1) is 0 Å². The number of aromatic nitrogens is 3. The number of rotatable bonds is 2. The van der Waals surface area contributed by atoms with Gasteiger partial charge in [0.2, 0.25) is 6.08 Å². The molecule has 0 aliphatic heterocycles. The molecule has 0 bridgehead atoms. The third kappa shape index (κ3) is 1.32. The highest BCUT2D eigenvalue weighted by atomic mass is 16.1. The Morgan fingerprint density at radius 2 is 2.46 bits per heavy atom. The van der Waals surface area contributed by atoms with Gasteiger partial charge in [-0.1, -0.05) is 0 Å². The normalized spacial score (nSPS) is 9.85. The first-order valence-electron chi connectivity index (χ1n) is 3.71. The maximum atomic E-state index is 9.90. The second-order valence-electron chi connectivity index (χ2n) is 2.46. The monoisotopic (exact) mass is 174 g/mol. The predicted molar refractivity (Wildman–Crippen MR) is 44.8 cm³/mol. The summed E-state index contributed by atoms with van der Waals surface area (Å²) in [5, 5.41) is 0. The molecule has 0 fully saturated rings. The molecule has 5 nitrogen and oxygen atoms in total. The van der Waals surface area contributed by atoms with E-state index in [4.69, 9.17) is 0 Å². The zero-order chi connectivity index (χ0) is 9.10. The Bertz CT molecular complexity index is 470. The van der Waals surface area contributed by atoms with Crippen LogP contribution in [-0.4, -0.2) is 20.4 Å². The molecule has 2 heterocycles. The summed E-state index contributed by atoms with van der Waals surface area (Å²) in [6.45, 7) is 0.300. The third-order valence-electron chi connectivity index (χ3n) is 1.70. The Morgan fingerprint density at radius 3 is 3.31 bits per heavy atom. The van der Waals surface area contributed by atoms with Gasteiger partial charge in [-0.05, 0) is 0 Å². The van der Waals surface area contributed by atoms with Crippen molar-refractivity contribution >= 4 is 11.7 Å². The van der Waals surface area contributed by atoms with E-state index in [0.717, 1.165) is 11.3 Å². The summed E-state index contributed by atoms with van der Waals surface area (Å²) in [5.74, 6) is 0. The van der Waals surface area contributed by atoms with Crippen molar-refractivity contribution in [1.29, 1.82) is 0 Å². The van der Waals surface area contributed by atoms with Crippen molar-refractivity contribution in [3.8, 4) is 0 Å². The summed E-state index contributed by atoms with van der Waals surface area (Å²) in [6, 6.07) is 0. The van der Waals surface area contributed by atoms with Gasteiger partial charge < -0.3 is 0 Å². The Labute approximate surface area is 73.8 Å². The zero-order valence-electron chi connectivity index (χ0n) is 6.71. The second-order valence-corrected chi connectivity index (χ2v) is 2.46. The van der Waals surface area contributed by atoms with Crippen LogP contribution in [-0.2, 0) is 11.3 Å². The van der Waals surface area contributed by atoms with E-state index in [1.807, 2.05) is 4.40 Å². The molecule has 0 radical (unpaired) electrons. The van der Waals surface area contributed by atoms with E-state index < -0.39 is 0 Å². The van der Waals surface area contributed by atoms with Gasteiger partial charge in [0.25, 0.3) is 0 Å². The summed E-state index contributed by atoms with van der Waals surface area (Å²) in [5.41, 5.74) is 1.60. The lowest BCUT2D eigenvalue weighted by Gasteiger charge is -1.94. The van der Waals surface area contributed by atoms with Crippen LogP contribution in [0.3, 0.4) is 0 Å². The second kappa shape index (κ2) is 3.16. The average Bonchev–Trinajstić information content (AvgIpc) is 2.58. The van der Waals surface area contributed by atoms with Crippen LogP contribution in [0.25, 0.3) is 5.65 Å². The van der Waals surface area contributed by atoms with Crippen molar-refractivity contribution in [3.63, 3.8) is 0 Å². The molecule has 0 N–H and O–H groups in total. The smallest absolute Gasteiger partial charge is 0.235 e. The summed E-state index contributed by atoms with van der Waals surface area (Å²) >= 11 is 0. The van der Waals surface area contributed by atoms with Crippen molar-refractivity contribution < 1.29 is 4.79 Å². The highest BCUT2D eigenvalue weighted by Gasteiger charge is 2.00. The molecule has 0 aliphatic rings. The Balaban J connectivity index is 2.51. The Morgan fingerprint density at radius 1 is 1.54 bits per heavy atom.